The Hall–Kier alpha value is -0.220. The van der Waals surface area contributed by atoms with Crippen LogP contribution in [0, 0.1) is 5.41 Å². The Balaban J connectivity index is 2.40. The Bertz CT molecular complexity index is 248. The average Bonchev–Trinajstić information content (AvgIpc) is 2.34. The smallest absolute Gasteiger partial charge is 0.310 e. The maximum atomic E-state index is 11.4. The number of rotatable bonds is 7. The van der Waals surface area contributed by atoms with Gasteiger partial charge >= 0.3 is 5.97 Å². The van der Waals surface area contributed by atoms with E-state index in [1.54, 1.807) is 0 Å². The lowest BCUT2D eigenvalue weighted by molar-refractivity contribution is -0.152. The highest BCUT2D eigenvalue weighted by Crippen LogP contribution is 2.33. The van der Waals surface area contributed by atoms with E-state index in [4.69, 9.17) is 0 Å². The summed E-state index contributed by atoms with van der Waals surface area (Å²) in [6, 6.07) is 0. The predicted octanol–water partition coefficient (Wildman–Crippen LogP) is 2.71. The van der Waals surface area contributed by atoms with Crippen LogP contribution in [0.5, 0.6) is 0 Å². The minimum atomic E-state index is -0.603. The van der Waals surface area contributed by atoms with Gasteiger partial charge < -0.3 is 10.0 Å². The molecule has 1 atom stereocenters. The summed E-state index contributed by atoms with van der Waals surface area (Å²) in [4.78, 5) is 13.7. The fraction of sp³-hybridized carbons (Fsp3) is 0.923. The lowest BCUT2D eigenvalue weighted by atomic mass is 9.77. The van der Waals surface area contributed by atoms with Gasteiger partial charge in [0, 0.05) is 6.54 Å². The Morgan fingerprint density at radius 1 is 1.47 bits per heavy atom. The third-order valence-corrected chi connectivity index (χ3v) is 4.56. The van der Waals surface area contributed by atoms with Crippen molar-refractivity contribution >= 4 is 17.7 Å². The minimum absolute atomic E-state index is 0.474. The zero-order chi connectivity index (χ0) is 12.7. The quantitative estimate of drug-likeness (QED) is 0.714. The van der Waals surface area contributed by atoms with Crippen LogP contribution < -0.4 is 0 Å². The van der Waals surface area contributed by atoms with Crippen LogP contribution in [-0.2, 0) is 4.79 Å². The first kappa shape index (κ1) is 14.8. The molecule has 0 saturated carbocycles. The molecule has 1 aliphatic heterocycles. The van der Waals surface area contributed by atoms with Gasteiger partial charge in [-0.15, -0.1) is 0 Å². The van der Waals surface area contributed by atoms with Gasteiger partial charge in [0.1, 0.15) is 0 Å². The van der Waals surface area contributed by atoms with Crippen molar-refractivity contribution in [2.45, 2.75) is 39.0 Å². The van der Waals surface area contributed by atoms with E-state index in [9.17, 15) is 9.90 Å². The van der Waals surface area contributed by atoms with Crippen molar-refractivity contribution in [1.82, 2.24) is 4.90 Å². The van der Waals surface area contributed by atoms with E-state index in [1.807, 2.05) is 18.7 Å². The standard InChI is InChI=1S/C13H25NO2S/c1-3-13(12(15)16)7-6-9-14(11-13)8-4-5-10-17-2/h3-11H2,1-2H3,(H,15,16). The molecule has 0 amide bonds. The number of aliphatic carboxylic acids is 1. The molecule has 100 valence electrons. The fourth-order valence-corrected chi connectivity index (χ4v) is 3.11. The molecule has 1 heterocycles. The fourth-order valence-electron chi connectivity index (χ4n) is 2.61. The van der Waals surface area contributed by atoms with Crippen LogP contribution in [0.4, 0.5) is 0 Å². The van der Waals surface area contributed by atoms with Crippen LogP contribution in [0.3, 0.4) is 0 Å². The second-order valence-electron chi connectivity index (χ2n) is 5.02. The summed E-state index contributed by atoms with van der Waals surface area (Å²) in [6.45, 7) is 4.90. The summed E-state index contributed by atoms with van der Waals surface area (Å²) in [5.41, 5.74) is -0.474. The van der Waals surface area contributed by atoms with Crippen molar-refractivity contribution in [1.29, 1.82) is 0 Å². The van der Waals surface area contributed by atoms with E-state index in [0.717, 1.165) is 38.9 Å². The second kappa shape index (κ2) is 7.27. The summed E-state index contributed by atoms with van der Waals surface area (Å²) >= 11 is 1.88. The van der Waals surface area contributed by atoms with E-state index in [1.165, 1.54) is 18.6 Å². The van der Waals surface area contributed by atoms with Crippen molar-refractivity contribution in [3.63, 3.8) is 0 Å². The molecule has 0 aromatic heterocycles. The topological polar surface area (TPSA) is 40.5 Å². The van der Waals surface area contributed by atoms with Crippen molar-refractivity contribution in [3.05, 3.63) is 0 Å². The number of carboxylic acids is 1. The first-order valence-corrected chi connectivity index (χ1v) is 7.98. The number of likely N-dealkylation sites (tertiary alicyclic amines) is 1. The highest BCUT2D eigenvalue weighted by atomic mass is 32.2. The summed E-state index contributed by atoms with van der Waals surface area (Å²) in [6.07, 6.45) is 7.20. The van der Waals surface area contributed by atoms with Crippen LogP contribution in [0.25, 0.3) is 0 Å². The zero-order valence-corrected chi connectivity index (χ0v) is 11.9. The molecule has 17 heavy (non-hydrogen) atoms. The van der Waals surface area contributed by atoms with Crippen molar-refractivity contribution in [3.8, 4) is 0 Å². The van der Waals surface area contributed by atoms with Crippen LogP contribution in [0.1, 0.15) is 39.0 Å². The Morgan fingerprint density at radius 2 is 2.24 bits per heavy atom. The first-order valence-electron chi connectivity index (χ1n) is 6.59. The SMILES string of the molecule is CCC1(C(=O)O)CCCN(CCCCSC)C1. The molecular weight excluding hydrogens is 234 g/mol. The van der Waals surface area contributed by atoms with Gasteiger partial charge in [-0.3, -0.25) is 4.79 Å². The van der Waals surface area contributed by atoms with Crippen molar-refractivity contribution in [2.75, 3.05) is 31.6 Å². The van der Waals surface area contributed by atoms with Gasteiger partial charge in [-0.1, -0.05) is 6.92 Å². The number of piperidine rings is 1. The number of hydrogen-bond donors (Lipinski definition) is 1. The summed E-state index contributed by atoms with van der Waals surface area (Å²) in [7, 11) is 0. The number of thioether (sulfide) groups is 1. The zero-order valence-electron chi connectivity index (χ0n) is 11.1. The van der Waals surface area contributed by atoms with Crippen LogP contribution in [0.2, 0.25) is 0 Å². The normalized spacial score (nSPS) is 26.0. The maximum Gasteiger partial charge on any atom is 0.310 e. The lowest BCUT2D eigenvalue weighted by Crippen LogP contribution is -2.47. The van der Waals surface area contributed by atoms with Gasteiger partial charge in [0.15, 0.2) is 0 Å². The molecule has 4 heteroatoms. The Morgan fingerprint density at radius 3 is 2.82 bits per heavy atom. The Labute approximate surface area is 109 Å². The summed E-state index contributed by atoms with van der Waals surface area (Å²) in [5, 5.41) is 9.39. The molecule has 1 unspecified atom stereocenters. The highest BCUT2D eigenvalue weighted by molar-refractivity contribution is 7.98. The maximum absolute atomic E-state index is 11.4. The molecule has 1 N–H and O–H groups in total. The molecular formula is C13H25NO2S. The van der Waals surface area contributed by atoms with Gasteiger partial charge in [-0.05, 0) is 57.2 Å². The van der Waals surface area contributed by atoms with Crippen LogP contribution in [0.15, 0.2) is 0 Å². The summed E-state index contributed by atoms with van der Waals surface area (Å²) < 4.78 is 0. The van der Waals surface area contributed by atoms with Gasteiger partial charge in [-0.25, -0.2) is 0 Å². The first-order chi connectivity index (χ1) is 8.14. The van der Waals surface area contributed by atoms with E-state index in [0.29, 0.717) is 0 Å². The number of carboxylic acid groups (broad SMARTS) is 1. The van der Waals surface area contributed by atoms with Crippen LogP contribution in [-0.4, -0.2) is 47.6 Å². The molecule has 1 rings (SSSR count). The third kappa shape index (κ3) is 4.18. The second-order valence-corrected chi connectivity index (χ2v) is 6.00. The third-order valence-electron chi connectivity index (χ3n) is 3.86. The number of hydrogen-bond acceptors (Lipinski definition) is 3. The molecule has 0 bridgehead atoms. The number of nitrogens with zero attached hydrogens (tertiary/aromatic N) is 1. The lowest BCUT2D eigenvalue weighted by Gasteiger charge is -2.39. The van der Waals surface area contributed by atoms with Gasteiger partial charge in [0.05, 0.1) is 5.41 Å². The molecule has 0 aromatic rings. The van der Waals surface area contributed by atoms with Crippen molar-refractivity contribution < 1.29 is 9.90 Å². The van der Waals surface area contributed by atoms with E-state index in [-0.39, 0.29) is 0 Å². The van der Waals surface area contributed by atoms with E-state index in [2.05, 4.69) is 11.2 Å². The molecule has 3 nitrogen and oxygen atoms in total. The Kier molecular flexibility index (Phi) is 6.34. The number of carbonyl (C=O) groups is 1. The van der Waals surface area contributed by atoms with Crippen LogP contribution >= 0.6 is 11.8 Å². The molecule has 1 fully saturated rings. The van der Waals surface area contributed by atoms with Crippen molar-refractivity contribution in [2.24, 2.45) is 5.41 Å². The molecule has 0 aromatic carbocycles. The van der Waals surface area contributed by atoms with E-state index < -0.39 is 11.4 Å². The van der Waals surface area contributed by atoms with Gasteiger partial charge in [-0.2, -0.15) is 11.8 Å². The predicted molar refractivity (Wildman–Crippen MR) is 73.6 cm³/mol. The van der Waals surface area contributed by atoms with Gasteiger partial charge in [0.2, 0.25) is 0 Å². The summed E-state index contributed by atoms with van der Waals surface area (Å²) in [5.74, 6) is 0.611. The molecule has 0 spiro atoms. The minimum Gasteiger partial charge on any atom is -0.481 e. The van der Waals surface area contributed by atoms with E-state index >= 15 is 0 Å². The molecule has 0 radical (unpaired) electrons. The molecule has 1 saturated heterocycles. The average molecular weight is 259 g/mol. The number of unbranched alkanes of at least 4 members (excludes halogenated alkanes) is 1. The highest BCUT2D eigenvalue weighted by Gasteiger charge is 2.40. The largest absolute Gasteiger partial charge is 0.481 e. The van der Waals surface area contributed by atoms with Gasteiger partial charge in [0.25, 0.3) is 0 Å². The molecule has 0 aliphatic carbocycles. The molecule has 1 aliphatic rings. The monoisotopic (exact) mass is 259 g/mol.